The van der Waals surface area contributed by atoms with Crippen molar-refractivity contribution in [1.82, 2.24) is 0 Å². The Hall–Kier alpha value is 0.730. The van der Waals surface area contributed by atoms with E-state index in [4.69, 9.17) is 1.12 Å². The zero-order chi connectivity index (χ0) is 4.50. The molecule has 0 unspecified atom stereocenters. The predicted molar refractivity (Wildman–Crippen MR) is 22.6 cm³/mol. The summed E-state index contributed by atoms with van der Waals surface area (Å²) in [5.74, 6) is 0. The minimum Gasteiger partial charge on any atom is -0.259 e. The summed E-state index contributed by atoms with van der Waals surface area (Å²) >= 11 is 0. The van der Waals surface area contributed by atoms with E-state index >= 15 is 0 Å². The van der Waals surface area contributed by atoms with Crippen molar-refractivity contribution in [2.45, 2.75) is 0 Å². The summed E-state index contributed by atoms with van der Waals surface area (Å²) in [4.78, 5) is 0. The molecule has 0 N–H and O–H groups in total. The maximum Gasteiger partial charge on any atom is 0.144 e. The quantitative estimate of drug-likeness (QED) is 0.427. The molecule has 0 aliphatic rings. The third-order valence-electron chi connectivity index (χ3n) is 0. The standard InChI is InChI=1S/Cl2H2OS/c1-4(2)3/h4H2/i4D. The van der Waals surface area contributed by atoms with Gasteiger partial charge in [-0.15, -0.1) is 0 Å². The van der Waals surface area contributed by atoms with Crippen LogP contribution in [0, 0.1) is 0 Å². The van der Waals surface area contributed by atoms with Gasteiger partial charge in [0.05, 0.1) is 0 Å². The smallest absolute Gasteiger partial charge is 0.144 e. The molecule has 0 fully saturated rings. The van der Waals surface area contributed by atoms with Crippen LogP contribution in [0.4, 0.5) is 0 Å². The fourth-order valence-electron chi connectivity index (χ4n) is 0. The van der Waals surface area contributed by atoms with Gasteiger partial charge in [-0.25, -0.2) is 0 Å². The Balaban J connectivity index is 3.47. The topological polar surface area (TPSA) is 17.1 Å². The summed E-state index contributed by atoms with van der Waals surface area (Å²) < 4.78 is 15.4. The summed E-state index contributed by atoms with van der Waals surface area (Å²) in [5, 5.41) is 0. The Morgan fingerprint density at radius 2 is 2.00 bits per heavy atom. The fourth-order valence-corrected chi connectivity index (χ4v) is 0. The van der Waals surface area contributed by atoms with Crippen molar-refractivity contribution in [2.75, 3.05) is 0 Å². The Morgan fingerprint density at radius 3 is 2.00 bits per heavy atom. The van der Waals surface area contributed by atoms with Gasteiger partial charge in [0, 0.05) is 9.13 Å². The third kappa shape index (κ3) is 15.3. The normalized spacial score (nSPS) is 19.0. The van der Waals surface area contributed by atoms with Gasteiger partial charge in [0.2, 0.25) is 0 Å². The van der Waals surface area contributed by atoms with E-state index in [1.165, 1.54) is 0 Å². The van der Waals surface area contributed by atoms with Crippen molar-refractivity contribution in [3.63, 3.8) is 0 Å². The monoisotopic (exact) mass is 121 g/mol. The lowest BCUT2D eigenvalue weighted by Crippen LogP contribution is -1.41. The van der Waals surface area contributed by atoms with E-state index in [1.54, 1.807) is 0 Å². The van der Waals surface area contributed by atoms with E-state index in [2.05, 4.69) is 21.4 Å². The largest absolute Gasteiger partial charge is 0.259 e. The van der Waals surface area contributed by atoms with E-state index in [0.717, 1.165) is 0 Å². The van der Waals surface area contributed by atoms with E-state index in [0.29, 0.717) is 0 Å². The molecule has 0 rings (SSSR count). The lowest BCUT2D eigenvalue weighted by Gasteiger charge is -1.61. The van der Waals surface area contributed by atoms with E-state index in [-0.39, 0.29) is 0 Å². The average Bonchev–Trinajstić information content (AvgIpc) is 0.722. The molecule has 0 saturated carbocycles. The maximum atomic E-state index is 9.41. The van der Waals surface area contributed by atoms with E-state index in [1.807, 2.05) is 0 Å². The molecule has 0 amide bonds. The van der Waals surface area contributed by atoms with Crippen LogP contribution in [0.5, 0.6) is 0 Å². The Labute approximate surface area is 36.4 Å². The Bertz CT molecular complexity index is 55.8. The molecule has 0 aromatic carbocycles. The number of hydrogen-bond acceptors (Lipinski definition) is 1. The molecule has 0 aromatic heterocycles. The van der Waals surface area contributed by atoms with Gasteiger partial charge in [0.25, 0.3) is 0 Å². The van der Waals surface area contributed by atoms with Crippen molar-refractivity contribution in [2.24, 2.45) is 0 Å². The SMILES string of the molecule is [2H][SH](=O)(Cl)Cl. The molecule has 1 nitrogen and oxygen atoms in total. The average molecular weight is 122 g/mol. The first-order valence-corrected chi connectivity index (χ1v) is 3.59. The third-order valence-corrected chi connectivity index (χ3v) is 0. The summed E-state index contributed by atoms with van der Waals surface area (Å²) in [6.07, 6.45) is 0. The van der Waals surface area contributed by atoms with Gasteiger partial charge in [-0.1, -0.05) is 0 Å². The van der Waals surface area contributed by atoms with Crippen molar-refractivity contribution in [3.8, 4) is 0 Å². The van der Waals surface area contributed by atoms with Crippen LogP contribution in [0.15, 0.2) is 0 Å². The fraction of sp³-hybridized carbons (Fsp3) is 0. The van der Waals surface area contributed by atoms with Crippen LogP contribution in [-0.2, 0) is 9.13 Å². The highest BCUT2D eigenvalue weighted by atomic mass is 36.0. The van der Waals surface area contributed by atoms with Crippen molar-refractivity contribution >= 4 is 30.5 Å². The number of hydrogen-bond donors (Lipinski definition) is 0. The molecule has 0 heterocycles. The summed E-state index contributed by atoms with van der Waals surface area (Å²) in [6, 6.07) is 0. The lowest BCUT2D eigenvalue weighted by atomic mass is 16.0. The first-order chi connectivity index (χ1) is 2.00. The van der Waals surface area contributed by atoms with Crippen LogP contribution in [0.1, 0.15) is 0 Å². The number of halogens is 2. The van der Waals surface area contributed by atoms with E-state index in [9.17, 15) is 4.21 Å². The molecular formula is H2Cl2OS. The molecule has 0 saturated heterocycles. The predicted octanol–water partition coefficient (Wildman–Crippen LogP) is 0.507. The molecule has 0 atom stereocenters. The van der Waals surface area contributed by atoms with Crippen LogP contribution >= 0.6 is 21.4 Å². The van der Waals surface area contributed by atoms with Crippen LogP contribution in [0.25, 0.3) is 0 Å². The molecular weight excluding hydrogens is 119 g/mol. The second-order valence-corrected chi connectivity index (χ2v) is 2.97. The van der Waals surface area contributed by atoms with Crippen LogP contribution in [-0.4, -0.2) is 5.33 Å². The molecule has 0 bridgehead atoms. The second kappa shape index (κ2) is 2.00. The Kier molecular flexibility index (Phi) is 1.47. The molecule has 0 radical (unpaired) electrons. The van der Waals surface area contributed by atoms with Crippen LogP contribution in [0.3, 0.4) is 0 Å². The van der Waals surface area contributed by atoms with Crippen molar-refractivity contribution in [1.29, 1.82) is 1.12 Å². The molecule has 0 aromatic rings. The molecule has 0 aliphatic heterocycles. The first-order valence-electron chi connectivity index (χ1n) is 0.968. The van der Waals surface area contributed by atoms with Gasteiger partial charge in [-0.3, -0.25) is 4.21 Å². The molecule has 4 heavy (non-hydrogen) atoms. The van der Waals surface area contributed by atoms with Crippen LogP contribution < -0.4 is 0 Å². The highest BCUT2D eigenvalue weighted by Gasteiger charge is 1.56. The highest BCUT2D eigenvalue weighted by Crippen LogP contribution is 1.89. The minimum atomic E-state index is -3.44. The Morgan fingerprint density at radius 1 is 2.00 bits per heavy atom. The summed E-state index contributed by atoms with van der Waals surface area (Å²) in [7, 11) is 5.59. The van der Waals surface area contributed by atoms with E-state index < -0.39 is 9.13 Å². The maximum absolute atomic E-state index is 9.41. The van der Waals surface area contributed by atoms with Gasteiger partial charge in [-0.05, 0) is 21.4 Å². The minimum absolute atomic E-state index is 3.44. The van der Waals surface area contributed by atoms with Gasteiger partial charge in [0.1, 0.15) is 1.12 Å². The number of rotatable bonds is 0. The molecule has 0 spiro atoms. The molecule has 28 valence electrons. The van der Waals surface area contributed by atoms with Crippen LogP contribution in [0.2, 0.25) is 0 Å². The first kappa shape index (κ1) is 2.94. The van der Waals surface area contributed by atoms with Crippen molar-refractivity contribution < 1.29 is 4.21 Å². The van der Waals surface area contributed by atoms with Gasteiger partial charge in [-0.2, -0.15) is 0 Å². The summed E-state index contributed by atoms with van der Waals surface area (Å²) in [5.41, 5.74) is 0. The highest BCUT2D eigenvalue weighted by molar-refractivity contribution is 8.26. The van der Waals surface area contributed by atoms with Gasteiger partial charge < -0.3 is 0 Å². The lowest BCUT2D eigenvalue weighted by molar-refractivity contribution is 0.698. The van der Waals surface area contributed by atoms with Gasteiger partial charge in [0.15, 0.2) is 0 Å². The molecule has 0 aliphatic carbocycles. The zero-order valence-corrected chi connectivity index (χ0v) is 4.02. The molecule has 4 heteroatoms. The van der Waals surface area contributed by atoms with Crippen molar-refractivity contribution in [3.05, 3.63) is 0 Å². The van der Waals surface area contributed by atoms with Gasteiger partial charge >= 0.3 is 0 Å². The second-order valence-electron chi connectivity index (χ2n) is 0.202. The zero-order valence-electron chi connectivity index (χ0n) is 2.61. The summed E-state index contributed by atoms with van der Waals surface area (Å²) in [6.45, 7) is 0.